The lowest BCUT2D eigenvalue weighted by Gasteiger charge is -2.19. The van der Waals surface area contributed by atoms with Gasteiger partial charge in [-0.3, -0.25) is 5.01 Å². The number of rotatable bonds is 7. The summed E-state index contributed by atoms with van der Waals surface area (Å²) < 4.78 is 16.4. The first kappa shape index (κ1) is 21.7. The van der Waals surface area contributed by atoms with Crippen molar-refractivity contribution < 1.29 is 4.39 Å². The van der Waals surface area contributed by atoms with Crippen LogP contribution in [-0.2, 0) is 12.3 Å². The Labute approximate surface area is 203 Å². The van der Waals surface area contributed by atoms with Crippen LogP contribution in [-0.4, -0.2) is 20.6 Å². The Bertz CT molecular complexity index is 1260. The molecule has 1 aliphatic heterocycles. The van der Waals surface area contributed by atoms with Gasteiger partial charge in [0.15, 0.2) is 5.84 Å². The number of hydrazone groups is 1. The van der Waals surface area contributed by atoms with Crippen LogP contribution in [0.3, 0.4) is 0 Å². The number of nitrogens with zero attached hydrogens (tertiary/aromatic N) is 4. The lowest BCUT2D eigenvalue weighted by Crippen LogP contribution is -2.40. The van der Waals surface area contributed by atoms with Crippen LogP contribution >= 0.6 is 27.7 Å². The Morgan fingerprint density at radius 2 is 1.67 bits per heavy atom. The van der Waals surface area contributed by atoms with Crippen LogP contribution in [0.4, 0.5) is 4.39 Å². The van der Waals surface area contributed by atoms with E-state index in [1.54, 1.807) is 30.1 Å². The fraction of sp³-hybridized carbons (Fsp3) is 0.0833. The molecule has 1 aromatic heterocycles. The molecule has 4 aromatic rings. The van der Waals surface area contributed by atoms with E-state index in [0.29, 0.717) is 6.54 Å². The van der Waals surface area contributed by atoms with Crippen molar-refractivity contribution >= 4 is 33.5 Å². The average molecular weight is 523 g/mol. The Morgan fingerprint density at radius 1 is 0.909 bits per heavy atom. The van der Waals surface area contributed by atoms with E-state index in [4.69, 9.17) is 0 Å². The highest BCUT2D eigenvalue weighted by molar-refractivity contribution is 9.10. The zero-order valence-corrected chi connectivity index (χ0v) is 19.9. The third kappa shape index (κ3) is 4.95. The predicted octanol–water partition coefficient (Wildman–Crippen LogP) is 5.25. The summed E-state index contributed by atoms with van der Waals surface area (Å²) >= 11 is 5.15. The summed E-state index contributed by atoms with van der Waals surface area (Å²) in [6, 6.07) is 24.8. The van der Waals surface area contributed by atoms with E-state index in [9.17, 15) is 4.39 Å². The van der Waals surface area contributed by atoms with Gasteiger partial charge in [-0.25, -0.2) is 14.6 Å². The summed E-state index contributed by atoms with van der Waals surface area (Å²) in [6.07, 6.45) is 1.80. The molecule has 0 unspecified atom stereocenters. The normalized spacial score (nSPS) is 13.2. The molecule has 6 nitrogen and oxygen atoms in total. The summed E-state index contributed by atoms with van der Waals surface area (Å²) in [7, 11) is 0. The molecular formula is C24H20BrFN6S. The molecule has 3 aromatic carbocycles. The molecular weight excluding hydrogens is 503 g/mol. The minimum absolute atomic E-state index is 0.279. The van der Waals surface area contributed by atoms with Crippen LogP contribution in [0.1, 0.15) is 16.7 Å². The van der Waals surface area contributed by atoms with Gasteiger partial charge in [-0.05, 0) is 47.5 Å². The first-order chi connectivity index (χ1) is 16.2. The first-order valence-corrected chi connectivity index (χ1v) is 12.1. The maximum absolute atomic E-state index is 13.5. The van der Waals surface area contributed by atoms with Crippen LogP contribution in [0.15, 0.2) is 99.7 Å². The summed E-state index contributed by atoms with van der Waals surface area (Å²) in [5.41, 5.74) is 9.98. The number of benzene rings is 3. The Balaban J connectivity index is 1.47. The predicted molar refractivity (Wildman–Crippen MR) is 132 cm³/mol. The Kier molecular flexibility index (Phi) is 6.43. The number of hydrogen-bond acceptors (Lipinski definition) is 6. The summed E-state index contributed by atoms with van der Waals surface area (Å²) in [4.78, 5) is 0. The van der Waals surface area contributed by atoms with Gasteiger partial charge in [-0.1, -0.05) is 58.4 Å². The zero-order chi connectivity index (χ0) is 22.6. The van der Waals surface area contributed by atoms with Crippen LogP contribution in [0.5, 0.6) is 0 Å². The van der Waals surface area contributed by atoms with Gasteiger partial charge in [0.2, 0.25) is 0 Å². The first-order valence-electron chi connectivity index (χ1n) is 10.3. The molecule has 0 spiro atoms. The fourth-order valence-corrected chi connectivity index (χ4v) is 4.80. The molecule has 1 aliphatic rings. The van der Waals surface area contributed by atoms with Crippen molar-refractivity contribution in [1.29, 1.82) is 0 Å². The van der Waals surface area contributed by atoms with E-state index < -0.39 is 0 Å². The SMILES string of the molecule is Fc1ccc(-n2ncc(C3=NNNN3Cc3ccc(Br)cc3)c2SCc2ccccc2)cc1. The van der Waals surface area contributed by atoms with E-state index >= 15 is 0 Å². The molecule has 0 radical (unpaired) electrons. The Hall–Kier alpha value is -3.14. The fourth-order valence-electron chi connectivity index (χ4n) is 3.47. The second-order valence-electron chi connectivity index (χ2n) is 7.40. The summed E-state index contributed by atoms with van der Waals surface area (Å²) in [5, 5.41) is 12.0. The van der Waals surface area contributed by atoms with Crippen LogP contribution in [0.25, 0.3) is 5.69 Å². The molecule has 0 amide bonds. The molecule has 33 heavy (non-hydrogen) atoms. The molecule has 0 saturated heterocycles. The molecule has 0 aliphatic carbocycles. The van der Waals surface area contributed by atoms with Crippen molar-refractivity contribution in [3.8, 4) is 5.69 Å². The number of amidine groups is 1. The number of halogens is 2. The van der Waals surface area contributed by atoms with Crippen LogP contribution < -0.4 is 11.1 Å². The molecule has 0 bridgehead atoms. The second kappa shape index (κ2) is 9.78. The van der Waals surface area contributed by atoms with Crippen molar-refractivity contribution in [2.24, 2.45) is 5.10 Å². The zero-order valence-electron chi connectivity index (χ0n) is 17.5. The van der Waals surface area contributed by atoms with Crippen molar-refractivity contribution in [2.75, 3.05) is 0 Å². The van der Waals surface area contributed by atoms with E-state index in [1.807, 2.05) is 40.0 Å². The molecule has 0 saturated carbocycles. The molecule has 0 atom stereocenters. The summed E-state index contributed by atoms with van der Waals surface area (Å²) in [5.74, 6) is 1.22. The van der Waals surface area contributed by atoms with Gasteiger partial charge in [0, 0.05) is 10.2 Å². The highest BCUT2D eigenvalue weighted by Gasteiger charge is 2.25. The Morgan fingerprint density at radius 3 is 2.42 bits per heavy atom. The van der Waals surface area contributed by atoms with E-state index in [0.717, 1.165) is 37.9 Å². The molecule has 0 fully saturated rings. The van der Waals surface area contributed by atoms with Crippen molar-refractivity contribution in [1.82, 2.24) is 25.9 Å². The number of nitrogens with one attached hydrogen (secondary N) is 2. The van der Waals surface area contributed by atoms with Crippen molar-refractivity contribution in [2.45, 2.75) is 17.3 Å². The lowest BCUT2D eigenvalue weighted by molar-refractivity contribution is 0.288. The molecule has 2 heterocycles. The van der Waals surface area contributed by atoms with Gasteiger partial charge >= 0.3 is 0 Å². The smallest absolute Gasteiger partial charge is 0.177 e. The number of hydrazine groups is 2. The second-order valence-corrected chi connectivity index (χ2v) is 9.28. The third-order valence-electron chi connectivity index (χ3n) is 5.11. The summed E-state index contributed by atoms with van der Waals surface area (Å²) in [6.45, 7) is 0.615. The van der Waals surface area contributed by atoms with Gasteiger partial charge in [0.1, 0.15) is 10.8 Å². The largest absolute Gasteiger partial charge is 0.266 e. The van der Waals surface area contributed by atoms with Crippen LogP contribution in [0.2, 0.25) is 0 Å². The van der Waals surface area contributed by atoms with E-state index in [1.165, 1.54) is 17.7 Å². The highest BCUT2D eigenvalue weighted by atomic mass is 79.9. The van der Waals surface area contributed by atoms with Gasteiger partial charge < -0.3 is 0 Å². The van der Waals surface area contributed by atoms with E-state index in [-0.39, 0.29) is 5.82 Å². The quantitative estimate of drug-likeness (QED) is 0.324. The lowest BCUT2D eigenvalue weighted by atomic mass is 10.2. The van der Waals surface area contributed by atoms with Gasteiger partial charge in [-0.2, -0.15) is 5.10 Å². The monoisotopic (exact) mass is 522 g/mol. The minimum atomic E-state index is -0.279. The number of hydrogen-bond donors (Lipinski definition) is 2. The standard InChI is InChI=1S/C24H20BrFN6S/c25-19-8-6-17(7-9-19)15-31-23(28-29-30-31)22-14-27-32(21-12-10-20(26)11-13-21)24(22)33-16-18-4-2-1-3-5-18/h1-14,29-30H,15-16H2. The van der Waals surface area contributed by atoms with Gasteiger partial charge in [0.05, 0.1) is 24.0 Å². The van der Waals surface area contributed by atoms with Gasteiger partial charge in [-0.15, -0.1) is 22.4 Å². The van der Waals surface area contributed by atoms with Crippen molar-refractivity contribution in [3.05, 3.63) is 112 Å². The molecule has 2 N–H and O–H groups in total. The van der Waals surface area contributed by atoms with Crippen molar-refractivity contribution in [3.63, 3.8) is 0 Å². The number of aromatic nitrogens is 2. The van der Waals surface area contributed by atoms with Gasteiger partial charge in [0.25, 0.3) is 0 Å². The number of thioether (sulfide) groups is 1. The highest BCUT2D eigenvalue weighted by Crippen LogP contribution is 2.30. The average Bonchev–Trinajstić information content (AvgIpc) is 3.47. The molecule has 9 heteroatoms. The molecule has 5 rings (SSSR count). The maximum Gasteiger partial charge on any atom is 0.177 e. The van der Waals surface area contributed by atoms with Crippen LogP contribution in [0, 0.1) is 5.82 Å². The maximum atomic E-state index is 13.5. The minimum Gasteiger partial charge on any atom is -0.266 e. The topological polar surface area (TPSA) is 57.5 Å². The van der Waals surface area contributed by atoms with E-state index in [2.05, 4.69) is 61.5 Å². The third-order valence-corrected chi connectivity index (χ3v) is 6.78. The molecule has 166 valence electrons.